The summed E-state index contributed by atoms with van der Waals surface area (Å²) in [6, 6.07) is 68.6. The lowest BCUT2D eigenvalue weighted by atomic mass is 9.91. The topological polar surface area (TPSA) is 87.2 Å². The van der Waals surface area contributed by atoms with Crippen molar-refractivity contribution >= 4 is 43.6 Å². The van der Waals surface area contributed by atoms with Crippen molar-refractivity contribution in [3.05, 3.63) is 372 Å². The predicted molar refractivity (Wildman–Crippen MR) is 467 cm³/mol. The molecule has 0 aliphatic heterocycles. The zero-order chi connectivity index (χ0) is 95.8. The highest BCUT2D eigenvalue weighted by Gasteiger charge is 2.44. The van der Waals surface area contributed by atoms with E-state index in [0.29, 0.717) is 70.8 Å². The predicted octanol–water partition coefficient (Wildman–Crippen LogP) is 32.4. The van der Waals surface area contributed by atoms with Crippen molar-refractivity contribution in [2.75, 3.05) is 0 Å². The van der Waals surface area contributed by atoms with Gasteiger partial charge < -0.3 is 9.13 Å². The van der Waals surface area contributed by atoms with Crippen molar-refractivity contribution in [1.29, 1.82) is 0 Å². The van der Waals surface area contributed by atoms with E-state index in [1.54, 1.807) is 191 Å². The third kappa shape index (κ3) is 16.9. The molecule has 4 aromatic heterocycles. The normalized spacial score (nSPS) is 12.7. The maximum Gasteiger partial charge on any atom is 0.417 e. The summed E-state index contributed by atoms with van der Waals surface area (Å²) < 4.78 is 362. The minimum atomic E-state index is -5.48. The second kappa shape index (κ2) is 33.2. The molecule has 0 spiro atoms. The van der Waals surface area contributed by atoms with E-state index in [4.69, 9.17) is 29.9 Å². The molecule has 0 unspecified atom stereocenters. The van der Waals surface area contributed by atoms with Gasteiger partial charge in [0.05, 0.1) is 77.9 Å². The standard InChI is InChI=1S/C104H54F24N8/c105-97(106,107)65-34-38-69(79(51-65)101(117,118)119)59-30-42-83-75(47-59)76-48-60(70-39-35-66(98(108,109)110)52-80(70)102(120,121)122)31-43-84(76)135(83)87-28-14-26-73(95-131-91(55-16-5-1-6-17-55)129-92(132-95)56-18-7-2-8-19-56)89(87)63-24-13-25-64(46-63)90-74(96-133-93(57-20-9-3-10-21-57)130-94(134-96)58-22-11-4-12-23-58)27-15-29-88(90)136-85-44-32-61(71-40-36-67(99(111,112)113)53-81(71)103(123,124)125)49-77(85)78-50-62(33-45-86(78)136)72-41-37-68(100(114,115)116)54-82(72)104(126,127)128/h1-54H. The van der Waals surface area contributed by atoms with Crippen LogP contribution in [-0.4, -0.2) is 39.0 Å². The monoisotopic (exact) mass is 1870 g/mol. The molecule has 0 saturated heterocycles. The average Bonchev–Trinajstić information content (AvgIpc) is 1.56. The van der Waals surface area contributed by atoms with Gasteiger partial charge in [-0.15, -0.1) is 0 Å². The molecule has 19 aromatic rings. The first-order chi connectivity index (χ1) is 64.5. The Morgan fingerprint density at radius 1 is 0.162 bits per heavy atom. The number of nitrogens with zero attached hydrogens (tertiary/aromatic N) is 8. The molecule has 0 amide bonds. The lowest BCUT2D eigenvalue weighted by Gasteiger charge is -2.21. The van der Waals surface area contributed by atoms with Crippen LogP contribution < -0.4 is 0 Å². The maximum absolute atomic E-state index is 15.4. The van der Waals surface area contributed by atoms with E-state index in [1.807, 2.05) is 0 Å². The first-order valence-corrected chi connectivity index (χ1v) is 40.9. The number of hydrogen-bond donors (Lipinski definition) is 0. The van der Waals surface area contributed by atoms with Gasteiger partial charge in [-0.2, -0.15) is 105 Å². The molecule has 0 aliphatic rings. The van der Waals surface area contributed by atoms with Crippen LogP contribution in [0.2, 0.25) is 0 Å². The van der Waals surface area contributed by atoms with Gasteiger partial charge in [-0.1, -0.05) is 212 Å². The Kier molecular flexibility index (Phi) is 21.8. The highest BCUT2D eigenvalue weighted by molar-refractivity contribution is 6.15. The van der Waals surface area contributed by atoms with Crippen molar-refractivity contribution in [2.45, 2.75) is 49.4 Å². The second-order valence-corrected chi connectivity index (χ2v) is 31.7. The van der Waals surface area contributed by atoms with Crippen LogP contribution in [0.1, 0.15) is 44.5 Å². The summed E-state index contributed by atoms with van der Waals surface area (Å²) >= 11 is 0. The van der Waals surface area contributed by atoms with Gasteiger partial charge in [0.1, 0.15) is 0 Å². The van der Waals surface area contributed by atoms with Gasteiger partial charge in [-0.05, 0) is 171 Å². The molecule has 8 nitrogen and oxygen atoms in total. The molecule has 0 atom stereocenters. The van der Waals surface area contributed by atoms with E-state index >= 15 is 52.7 Å². The summed E-state index contributed by atoms with van der Waals surface area (Å²) in [5.41, 5.74) is -15.5. The molecule has 678 valence electrons. The molecule has 0 radical (unpaired) electrons. The molecule has 0 aliphatic carbocycles. The average molecular weight is 1870 g/mol. The minimum absolute atomic E-state index is 0.0180. The zero-order valence-corrected chi connectivity index (χ0v) is 68.8. The lowest BCUT2D eigenvalue weighted by Crippen LogP contribution is -2.12. The number of fused-ring (bicyclic) bond motifs is 6. The molecular weight excluding hydrogens is 1820 g/mol. The minimum Gasteiger partial charge on any atom is -0.309 e. The van der Waals surface area contributed by atoms with E-state index in [2.05, 4.69) is 0 Å². The number of halogens is 24. The molecular formula is C104H54F24N8. The molecule has 15 aromatic carbocycles. The van der Waals surface area contributed by atoms with Crippen LogP contribution >= 0.6 is 0 Å². The number of alkyl halides is 24. The molecule has 136 heavy (non-hydrogen) atoms. The smallest absolute Gasteiger partial charge is 0.309 e. The first-order valence-electron chi connectivity index (χ1n) is 40.9. The zero-order valence-electron chi connectivity index (χ0n) is 68.8. The van der Waals surface area contributed by atoms with Crippen molar-refractivity contribution in [3.63, 3.8) is 0 Å². The Morgan fingerprint density at radius 3 is 0.610 bits per heavy atom. The van der Waals surface area contributed by atoms with Gasteiger partial charge in [0.25, 0.3) is 0 Å². The molecule has 0 fully saturated rings. The third-order valence-electron chi connectivity index (χ3n) is 23.3. The van der Waals surface area contributed by atoms with E-state index < -0.39 is 116 Å². The Bertz CT molecular complexity index is 7110. The number of hydrogen-bond acceptors (Lipinski definition) is 6. The van der Waals surface area contributed by atoms with E-state index in [1.165, 1.54) is 24.3 Å². The molecule has 0 saturated carbocycles. The van der Waals surface area contributed by atoms with E-state index in [0.717, 1.165) is 48.5 Å². The van der Waals surface area contributed by atoms with Crippen LogP contribution in [0.5, 0.6) is 0 Å². The second-order valence-electron chi connectivity index (χ2n) is 31.7. The quantitative estimate of drug-likeness (QED) is 0.101. The van der Waals surface area contributed by atoms with Gasteiger partial charge in [0.15, 0.2) is 34.9 Å². The Labute approximate surface area is 752 Å². The Morgan fingerprint density at radius 2 is 0.382 bits per heavy atom. The fourth-order valence-corrected chi connectivity index (χ4v) is 17.2. The van der Waals surface area contributed by atoms with Gasteiger partial charge in [0, 0.05) is 66.1 Å². The van der Waals surface area contributed by atoms with E-state index in [-0.39, 0.29) is 170 Å². The number of rotatable bonds is 14. The maximum atomic E-state index is 15.4. The van der Waals surface area contributed by atoms with Gasteiger partial charge >= 0.3 is 49.4 Å². The Balaban J connectivity index is 0.935. The molecule has 19 rings (SSSR count). The van der Waals surface area contributed by atoms with Crippen LogP contribution in [0.3, 0.4) is 0 Å². The fourth-order valence-electron chi connectivity index (χ4n) is 17.2. The fraction of sp³-hybridized carbons (Fsp3) is 0.0769. The molecule has 32 heteroatoms. The lowest BCUT2D eigenvalue weighted by molar-refractivity contribution is -0.144. The van der Waals surface area contributed by atoms with Crippen molar-refractivity contribution < 1.29 is 105 Å². The molecule has 0 bridgehead atoms. The van der Waals surface area contributed by atoms with Crippen LogP contribution in [0.15, 0.2) is 328 Å². The summed E-state index contributed by atoms with van der Waals surface area (Å²) in [7, 11) is 0. The first kappa shape index (κ1) is 89.5. The van der Waals surface area contributed by atoms with E-state index in [9.17, 15) is 52.7 Å². The van der Waals surface area contributed by atoms with Crippen molar-refractivity contribution in [3.8, 4) is 146 Å². The van der Waals surface area contributed by atoms with Crippen LogP contribution in [0, 0.1) is 0 Å². The summed E-state index contributed by atoms with van der Waals surface area (Å²) in [6.45, 7) is 0. The SMILES string of the molecule is FC(F)(F)c1ccc(-c2ccc3c(c2)c2cc(-c4ccc(C(F)(F)F)cc4C(F)(F)F)ccc2n3-c2cccc(-c3nc(-c4ccccc4)nc(-c4ccccc4)n3)c2-c2cccc(-c3c(-c4nc(-c5ccccc5)nc(-c5ccccc5)n4)cccc3-n3c4ccc(-c5ccc(C(F)(F)F)cc5C(F)(F)F)cc4c4cc(-c5ccc(C(F)(F)F)cc5C(F)(F)F)ccc43)c2)c(C(F)(F)F)c1. The summed E-state index contributed by atoms with van der Waals surface area (Å²) in [6.07, 6.45) is -43.1. The van der Waals surface area contributed by atoms with Crippen LogP contribution in [0.4, 0.5) is 105 Å². The van der Waals surface area contributed by atoms with Crippen LogP contribution in [-0.2, 0) is 49.4 Å². The molecule has 4 heterocycles. The van der Waals surface area contributed by atoms with Gasteiger partial charge in [0.2, 0.25) is 0 Å². The summed E-state index contributed by atoms with van der Waals surface area (Å²) in [5.74, 6) is 0.251. The summed E-state index contributed by atoms with van der Waals surface area (Å²) in [4.78, 5) is 30.5. The summed E-state index contributed by atoms with van der Waals surface area (Å²) in [5, 5.41) is -0.399. The van der Waals surface area contributed by atoms with Crippen molar-refractivity contribution in [2.24, 2.45) is 0 Å². The van der Waals surface area contributed by atoms with Crippen molar-refractivity contribution in [1.82, 2.24) is 39.0 Å². The highest BCUT2D eigenvalue weighted by atomic mass is 19.4. The Hall–Kier alpha value is -15.8. The van der Waals surface area contributed by atoms with Crippen LogP contribution in [0.25, 0.3) is 190 Å². The molecule has 0 N–H and O–H groups in total. The largest absolute Gasteiger partial charge is 0.417 e. The number of aromatic nitrogens is 8. The number of benzene rings is 15. The third-order valence-corrected chi connectivity index (χ3v) is 23.3. The van der Waals surface area contributed by atoms with Gasteiger partial charge in [-0.25, -0.2) is 29.9 Å². The van der Waals surface area contributed by atoms with Gasteiger partial charge in [-0.3, -0.25) is 0 Å². The highest BCUT2D eigenvalue weighted by Crippen LogP contribution is 2.53.